The van der Waals surface area contributed by atoms with Gasteiger partial charge < -0.3 is 14.9 Å². The van der Waals surface area contributed by atoms with Crippen LogP contribution in [0, 0.1) is 0 Å². The number of nitrogens with zero attached hydrogens (tertiary/aromatic N) is 3. The number of hydrogen-bond donors (Lipinski definition) is 2. The number of fused-ring (bicyclic) bond motifs is 1. The van der Waals surface area contributed by atoms with Crippen molar-refractivity contribution < 1.29 is 4.79 Å². The molecule has 2 aromatic carbocycles. The maximum absolute atomic E-state index is 12.7. The van der Waals surface area contributed by atoms with Gasteiger partial charge in [0.1, 0.15) is 0 Å². The van der Waals surface area contributed by atoms with E-state index in [-0.39, 0.29) is 5.91 Å². The Bertz CT molecular complexity index is 966. The van der Waals surface area contributed by atoms with Gasteiger partial charge in [-0.3, -0.25) is 4.79 Å². The van der Waals surface area contributed by atoms with Gasteiger partial charge in [0.05, 0.1) is 11.0 Å². The molecule has 28 heavy (non-hydrogen) atoms. The molecule has 0 radical (unpaired) electrons. The third-order valence-corrected chi connectivity index (χ3v) is 5.19. The third-order valence-electron chi connectivity index (χ3n) is 3.91. The predicted molar refractivity (Wildman–Crippen MR) is 119 cm³/mol. The van der Waals surface area contributed by atoms with Crippen molar-refractivity contribution in [2.45, 2.75) is 11.3 Å². The van der Waals surface area contributed by atoms with Gasteiger partial charge in [-0.05, 0) is 69.3 Å². The lowest BCUT2D eigenvalue weighted by atomic mass is 10.2. The average Bonchev–Trinajstić information content (AvgIpc) is 2.68. The number of para-hydroxylation sites is 2. The summed E-state index contributed by atoms with van der Waals surface area (Å²) in [6.07, 6.45) is 0.870. The second kappa shape index (κ2) is 9.86. The van der Waals surface area contributed by atoms with Crippen molar-refractivity contribution in [3.8, 4) is 0 Å². The Hall–Kier alpha value is -2.16. The first-order valence-electron chi connectivity index (χ1n) is 8.91. The molecule has 0 spiro atoms. The molecule has 3 rings (SSSR count). The van der Waals surface area contributed by atoms with Gasteiger partial charge in [0.15, 0.2) is 11.5 Å². The third kappa shape index (κ3) is 5.67. The zero-order valence-electron chi connectivity index (χ0n) is 15.8. The van der Waals surface area contributed by atoms with Crippen molar-refractivity contribution in [3.63, 3.8) is 0 Å². The van der Waals surface area contributed by atoms with Crippen LogP contribution in [0.25, 0.3) is 11.0 Å². The topological polar surface area (TPSA) is 70.2 Å². The van der Waals surface area contributed by atoms with Crippen molar-refractivity contribution in [1.29, 1.82) is 0 Å². The zero-order chi connectivity index (χ0) is 19.9. The molecule has 0 aliphatic carbocycles. The van der Waals surface area contributed by atoms with Gasteiger partial charge in [0.2, 0.25) is 0 Å². The fourth-order valence-electron chi connectivity index (χ4n) is 2.55. The molecule has 8 heteroatoms. The van der Waals surface area contributed by atoms with E-state index in [1.54, 1.807) is 0 Å². The molecular formula is C20H22BrN5OS. The maximum atomic E-state index is 12.7. The second-order valence-electron chi connectivity index (χ2n) is 6.48. The normalized spacial score (nSPS) is 11.0. The standard InChI is InChI=1S/C20H22BrN5OS/c1-26(2)12-6-11-22-20(27)18-19(24-17-10-4-3-9-16(17)23-18)25-28-15-8-5-7-14(21)13-15/h3-5,7-10,13H,6,11-12H2,1-2H3,(H,22,27)(H,24,25). The number of benzene rings is 2. The number of hydrogen-bond acceptors (Lipinski definition) is 6. The molecule has 146 valence electrons. The van der Waals surface area contributed by atoms with Crippen molar-refractivity contribution in [2.75, 3.05) is 31.9 Å². The van der Waals surface area contributed by atoms with Gasteiger partial charge in [0.25, 0.3) is 5.91 Å². The van der Waals surface area contributed by atoms with E-state index < -0.39 is 0 Å². The van der Waals surface area contributed by atoms with Crippen LogP contribution in [0.5, 0.6) is 0 Å². The Kier molecular flexibility index (Phi) is 7.24. The molecule has 1 amide bonds. The van der Waals surface area contributed by atoms with Gasteiger partial charge in [-0.25, -0.2) is 9.97 Å². The number of carbonyl (C=O) groups excluding carboxylic acids is 1. The number of nitrogens with one attached hydrogen (secondary N) is 2. The van der Waals surface area contributed by atoms with Crippen molar-refractivity contribution in [2.24, 2.45) is 0 Å². The SMILES string of the molecule is CN(C)CCCNC(=O)c1nc2ccccc2nc1NSc1cccc(Br)c1. The molecule has 0 aliphatic rings. The Morgan fingerprint density at radius 1 is 1.11 bits per heavy atom. The Labute approximate surface area is 177 Å². The quantitative estimate of drug-likeness (QED) is 0.388. The van der Waals surface area contributed by atoms with Crippen LogP contribution in [0.3, 0.4) is 0 Å². The fourth-order valence-corrected chi connectivity index (χ4v) is 3.79. The highest BCUT2D eigenvalue weighted by Gasteiger charge is 2.16. The number of rotatable bonds is 8. The average molecular weight is 460 g/mol. The lowest BCUT2D eigenvalue weighted by molar-refractivity contribution is 0.0948. The smallest absolute Gasteiger partial charge is 0.273 e. The minimum absolute atomic E-state index is 0.227. The van der Waals surface area contributed by atoms with Gasteiger partial charge in [-0.15, -0.1) is 0 Å². The van der Waals surface area contributed by atoms with Crippen LogP contribution in [0.4, 0.5) is 5.82 Å². The summed E-state index contributed by atoms with van der Waals surface area (Å²) in [5.74, 6) is 0.225. The molecule has 0 saturated heterocycles. The van der Waals surface area contributed by atoms with E-state index in [0.29, 0.717) is 23.6 Å². The molecular weight excluding hydrogens is 438 g/mol. The first kappa shape index (κ1) is 20.6. The van der Waals surface area contributed by atoms with Gasteiger partial charge in [-0.1, -0.05) is 34.1 Å². The van der Waals surface area contributed by atoms with E-state index in [0.717, 1.165) is 27.9 Å². The summed E-state index contributed by atoms with van der Waals surface area (Å²) in [4.78, 5) is 25.0. The van der Waals surface area contributed by atoms with Crippen LogP contribution >= 0.6 is 27.9 Å². The minimum atomic E-state index is -0.227. The van der Waals surface area contributed by atoms with E-state index in [9.17, 15) is 4.79 Å². The van der Waals surface area contributed by atoms with Crippen LogP contribution in [-0.2, 0) is 0 Å². The minimum Gasteiger partial charge on any atom is -0.351 e. The highest BCUT2D eigenvalue weighted by molar-refractivity contribution is 9.10. The van der Waals surface area contributed by atoms with Gasteiger partial charge in [0, 0.05) is 15.9 Å². The summed E-state index contributed by atoms with van der Waals surface area (Å²) >= 11 is 4.86. The first-order valence-corrected chi connectivity index (χ1v) is 10.5. The number of anilines is 1. The summed E-state index contributed by atoms with van der Waals surface area (Å²) in [5.41, 5.74) is 1.73. The fraction of sp³-hybridized carbons (Fsp3) is 0.250. The largest absolute Gasteiger partial charge is 0.351 e. The van der Waals surface area contributed by atoms with Crippen molar-refractivity contribution in [3.05, 3.63) is 58.7 Å². The monoisotopic (exact) mass is 459 g/mol. The summed E-state index contributed by atoms with van der Waals surface area (Å²) in [6.45, 7) is 1.50. The van der Waals surface area contributed by atoms with Crippen molar-refractivity contribution in [1.82, 2.24) is 20.2 Å². The molecule has 0 atom stereocenters. The van der Waals surface area contributed by atoms with Crippen LogP contribution in [0.2, 0.25) is 0 Å². The number of aromatic nitrogens is 2. The Balaban J connectivity index is 1.80. The molecule has 0 bridgehead atoms. The molecule has 1 heterocycles. The molecule has 2 N–H and O–H groups in total. The molecule has 1 aromatic heterocycles. The summed E-state index contributed by atoms with van der Waals surface area (Å²) in [7, 11) is 4.02. The van der Waals surface area contributed by atoms with E-state index in [2.05, 4.69) is 40.8 Å². The van der Waals surface area contributed by atoms with Crippen molar-refractivity contribution >= 4 is 50.6 Å². The number of halogens is 1. The molecule has 6 nitrogen and oxygen atoms in total. The lowest BCUT2D eigenvalue weighted by Gasteiger charge is -2.13. The molecule has 0 saturated carbocycles. The molecule has 3 aromatic rings. The predicted octanol–water partition coefficient (Wildman–Crippen LogP) is 4.19. The van der Waals surface area contributed by atoms with Crippen LogP contribution in [-0.4, -0.2) is 48.0 Å². The highest BCUT2D eigenvalue weighted by Crippen LogP contribution is 2.25. The van der Waals surface area contributed by atoms with E-state index in [4.69, 9.17) is 0 Å². The summed E-state index contributed by atoms with van der Waals surface area (Å²) < 4.78 is 4.18. The number of amides is 1. The Morgan fingerprint density at radius 3 is 2.57 bits per heavy atom. The molecule has 0 unspecified atom stereocenters. The first-order chi connectivity index (χ1) is 13.5. The molecule has 0 fully saturated rings. The van der Waals surface area contributed by atoms with Crippen LogP contribution in [0.1, 0.15) is 16.9 Å². The van der Waals surface area contributed by atoms with Crippen LogP contribution in [0.15, 0.2) is 57.9 Å². The summed E-state index contributed by atoms with van der Waals surface area (Å²) in [6, 6.07) is 15.4. The number of carbonyl (C=O) groups is 1. The van der Waals surface area contributed by atoms with E-state index >= 15 is 0 Å². The highest BCUT2D eigenvalue weighted by atomic mass is 79.9. The Morgan fingerprint density at radius 2 is 1.86 bits per heavy atom. The van der Waals surface area contributed by atoms with Gasteiger partial charge >= 0.3 is 0 Å². The summed E-state index contributed by atoms with van der Waals surface area (Å²) in [5, 5.41) is 2.94. The van der Waals surface area contributed by atoms with E-state index in [1.165, 1.54) is 11.9 Å². The second-order valence-corrected chi connectivity index (χ2v) is 8.28. The van der Waals surface area contributed by atoms with E-state index in [1.807, 2.05) is 62.6 Å². The van der Waals surface area contributed by atoms with Gasteiger partial charge in [-0.2, -0.15) is 0 Å². The molecule has 0 aliphatic heterocycles. The van der Waals surface area contributed by atoms with Crippen LogP contribution < -0.4 is 10.0 Å². The maximum Gasteiger partial charge on any atom is 0.273 e. The lowest BCUT2D eigenvalue weighted by Crippen LogP contribution is -2.28. The zero-order valence-corrected chi connectivity index (χ0v) is 18.2.